The first-order valence-corrected chi connectivity index (χ1v) is 6.55. The Labute approximate surface area is 125 Å². The van der Waals surface area contributed by atoms with E-state index in [9.17, 15) is 4.79 Å². The molecule has 2 aromatic carbocycles. The van der Waals surface area contributed by atoms with Crippen LogP contribution < -0.4 is 0 Å². The lowest BCUT2D eigenvalue weighted by atomic mass is 10.0. The van der Waals surface area contributed by atoms with Gasteiger partial charge in [-0.2, -0.15) is 4.98 Å². The van der Waals surface area contributed by atoms with Gasteiger partial charge >= 0.3 is 5.97 Å². The van der Waals surface area contributed by atoms with Gasteiger partial charge in [0.25, 0.3) is 5.89 Å². The van der Waals surface area contributed by atoms with Crippen LogP contribution in [0.15, 0.2) is 53.1 Å². The quantitative estimate of drug-likeness (QED) is 0.768. The summed E-state index contributed by atoms with van der Waals surface area (Å²) in [6.45, 7) is -0.291. The maximum atomic E-state index is 10.8. The Bertz CT molecular complexity index is 792. The number of hydrogen-bond donors (Lipinski definition) is 2. The van der Waals surface area contributed by atoms with Crippen LogP contribution in [0.4, 0.5) is 0 Å². The number of carboxylic acid groups (broad SMARTS) is 1. The van der Waals surface area contributed by atoms with Crippen LogP contribution in [0, 0.1) is 0 Å². The normalized spacial score (nSPS) is 10.6. The van der Waals surface area contributed by atoms with Crippen molar-refractivity contribution >= 4 is 5.97 Å². The van der Waals surface area contributed by atoms with Gasteiger partial charge in [-0.05, 0) is 23.3 Å². The highest BCUT2D eigenvalue weighted by Crippen LogP contribution is 2.23. The monoisotopic (exact) mass is 296 g/mol. The summed E-state index contributed by atoms with van der Waals surface area (Å²) in [6.07, 6.45) is 0. The second-order valence-electron chi connectivity index (χ2n) is 4.63. The number of nitrogens with zero attached hydrogens (tertiary/aromatic N) is 2. The summed E-state index contributed by atoms with van der Waals surface area (Å²) >= 11 is 0. The first-order valence-electron chi connectivity index (χ1n) is 6.55. The first kappa shape index (κ1) is 14.0. The summed E-state index contributed by atoms with van der Waals surface area (Å²) < 4.78 is 4.85. The number of carboxylic acids is 1. The number of aliphatic hydroxyl groups excluding tert-OH is 1. The number of rotatable bonds is 4. The average molecular weight is 296 g/mol. The first-order chi connectivity index (χ1) is 10.7. The van der Waals surface area contributed by atoms with Crippen molar-refractivity contribution in [2.24, 2.45) is 0 Å². The molecule has 0 aliphatic carbocycles. The molecule has 2 N–H and O–H groups in total. The Balaban J connectivity index is 1.85. The maximum absolute atomic E-state index is 10.8. The number of aromatic nitrogens is 2. The number of aromatic carboxylic acids is 1. The van der Waals surface area contributed by atoms with Gasteiger partial charge in [0.15, 0.2) is 0 Å². The van der Waals surface area contributed by atoms with E-state index >= 15 is 0 Å². The predicted molar refractivity (Wildman–Crippen MR) is 78.1 cm³/mol. The third kappa shape index (κ3) is 2.72. The summed E-state index contributed by atoms with van der Waals surface area (Å²) in [4.78, 5) is 14.9. The number of hydrogen-bond acceptors (Lipinski definition) is 5. The molecule has 0 bridgehead atoms. The molecule has 6 nitrogen and oxygen atoms in total. The summed E-state index contributed by atoms with van der Waals surface area (Å²) in [5.41, 5.74) is 2.89. The van der Waals surface area contributed by atoms with Crippen LogP contribution in [0.25, 0.3) is 22.5 Å². The molecular formula is C16H12N2O4. The van der Waals surface area contributed by atoms with Gasteiger partial charge < -0.3 is 14.7 Å². The second-order valence-corrected chi connectivity index (χ2v) is 4.63. The summed E-state index contributed by atoms with van der Waals surface area (Å²) in [5.74, 6) is -0.362. The summed E-state index contributed by atoms with van der Waals surface area (Å²) in [5, 5.41) is 21.6. The highest BCUT2D eigenvalue weighted by atomic mass is 16.5. The predicted octanol–water partition coefficient (Wildman–Crippen LogP) is 2.59. The highest BCUT2D eigenvalue weighted by molar-refractivity contribution is 5.88. The fourth-order valence-corrected chi connectivity index (χ4v) is 2.05. The van der Waals surface area contributed by atoms with Crippen molar-refractivity contribution in [3.63, 3.8) is 0 Å². The fourth-order valence-electron chi connectivity index (χ4n) is 2.05. The van der Waals surface area contributed by atoms with Crippen LogP contribution in [0.3, 0.4) is 0 Å². The van der Waals surface area contributed by atoms with Gasteiger partial charge in [-0.25, -0.2) is 4.79 Å². The standard InChI is InChI=1S/C16H12N2O4/c19-9-14-17-15(18-22-14)12-5-1-10(2-6-12)11-3-7-13(8-4-11)16(20)21/h1-8,19H,9H2,(H,20,21). The highest BCUT2D eigenvalue weighted by Gasteiger charge is 2.08. The fraction of sp³-hybridized carbons (Fsp3) is 0.0625. The molecule has 0 spiro atoms. The zero-order valence-electron chi connectivity index (χ0n) is 11.4. The van der Waals surface area contributed by atoms with E-state index in [1.54, 1.807) is 24.3 Å². The third-order valence-corrected chi connectivity index (χ3v) is 3.21. The molecule has 0 amide bonds. The van der Waals surface area contributed by atoms with Crippen molar-refractivity contribution in [1.29, 1.82) is 0 Å². The summed E-state index contributed by atoms with van der Waals surface area (Å²) in [6, 6.07) is 14.1. The Morgan fingerprint density at radius 3 is 2.00 bits per heavy atom. The topological polar surface area (TPSA) is 96.5 Å². The van der Waals surface area contributed by atoms with Gasteiger partial charge in [0.2, 0.25) is 5.82 Å². The maximum Gasteiger partial charge on any atom is 0.335 e. The van der Waals surface area contributed by atoms with Crippen molar-refractivity contribution in [2.75, 3.05) is 0 Å². The van der Waals surface area contributed by atoms with Crippen molar-refractivity contribution in [1.82, 2.24) is 10.1 Å². The molecule has 0 aliphatic heterocycles. The van der Waals surface area contributed by atoms with E-state index in [2.05, 4.69) is 10.1 Å². The van der Waals surface area contributed by atoms with Gasteiger partial charge in [-0.3, -0.25) is 0 Å². The minimum absolute atomic E-state index is 0.170. The van der Waals surface area contributed by atoms with E-state index in [0.29, 0.717) is 5.82 Å². The van der Waals surface area contributed by atoms with Crippen molar-refractivity contribution < 1.29 is 19.5 Å². The molecular weight excluding hydrogens is 284 g/mol. The van der Waals surface area contributed by atoms with E-state index in [1.165, 1.54) is 0 Å². The Hall–Kier alpha value is -2.99. The lowest BCUT2D eigenvalue weighted by molar-refractivity contribution is 0.0697. The molecule has 3 aromatic rings. The molecule has 0 radical (unpaired) electrons. The van der Waals surface area contributed by atoms with Gasteiger partial charge in [0, 0.05) is 5.56 Å². The van der Waals surface area contributed by atoms with E-state index < -0.39 is 5.97 Å². The van der Waals surface area contributed by atoms with E-state index in [1.807, 2.05) is 24.3 Å². The van der Waals surface area contributed by atoms with Crippen molar-refractivity contribution in [3.05, 3.63) is 60.0 Å². The van der Waals surface area contributed by atoms with Crippen LogP contribution in [0.5, 0.6) is 0 Å². The molecule has 0 unspecified atom stereocenters. The molecule has 1 heterocycles. The largest absolute Gasteiger partial charge is 0.478 e. The lowest BCUT2D eigenvalue weighted by Crippen LogP contribution is -1.94. The molecule has 3 rings (SSSR count). The molecule has 0 aliphatic rings. The van der Waals surface area contributed by atoms with Crippen LogP contribution >= 0.6 is 0 Å². The molecule has 6 heteroatoms. The van der Waals surface area contributed by atoms with Gasteiger partial charge in [0.1, 0.15) is 6.61 Å². The van der Waals surface area contributed by atoms with E-state index in [4.69, 9.17) is 14.7 Å². The Morgan fingerprint density at radius 2 is 1.50 bits per heavy atom. The van der Waals surface area contributed by atoms with Crippen LogP contribution in [-0.2, 0) is 6.61 Å². The van der Waals surface area contributed by atoms with Crippen molar-refractivity contribution in [2.45, 2.75) is 6.61 Å². The SMILES string of the molecule is O=C(O)c1ccc(-c2ccc(-c3noc(CO)n3)cc2)cc1. The lowest BCUT2D eigenvalue weighted by Gasteiger charge is -2.03. The zero-order chi connectivity index (χ0) is 15.5. The van der Waals surface area contributed by atoms with Crippen molar-refractivity contribution in [3.8, 4) is 22.5 Å². The zero-order valence-corrected chi connectivity index (χ0v) is 11.4. The van der Waals surface area contributed by atoms with Gasteiger partial charge in [-0.1, -0.05) is 41.6 Å². The number of carbonyl (C=O) groups is 1. The minimum Gasteiger partial charge on any atom is -0.478 e. The Morgan fingerprint density at radius 1 is 0.955 bits per heavy atom. The van der Waals surface area contributed by atoms with Gasteiger partial charge in [0.05, 0.1) is 5.56 Å². The van der Waals surface area contributed by atoms with Crippen LogP contribution in [0.2, 0.25) is 0 Å². The second kappa shape index (κ2) is 5.79. The third-order valence-electron chi connectivity index (χ3n) is 3.21. The number of benzene rings is 2. The molecule has 22 heavy (non-hydrogen) atoms. The van der Waals surface area contributed by atoms with E-state index in [-0.39, 0.29) is 18.1 Å². The molecule has 0 saturated heterocycles. The van der Waals surface area contributed by atoms with Crippen LogP contribution in [-0.4, -0.2) is 26.3 Å². The minimum atomic E-state index is -0.946. The molecule has 0 saturated carbocycles. The Kier molecular flexibility index (Phi) is 3.67. The van der Waals surface area contributed by atoms with E-state index in [0.717, 1.165) is 16.7 Å². The van der Waals surface area contributed by atoms with Crippen LogP contribution in [0.1, 0.15) is 16.2 Å². The molecule has 1 aromatic heterocycles. The molecule has 0 fully saturated rings. The summed E-state index contributed by atoms with van der Waals surface area (Å²) in [7, 11) is 0. The molecule has 110 valence electrons. The smallest absolute Gasteiger partial charge is 0.335 e. The average Bonchev–Trinajstić information content (AvgIpc) is 3.04. The molecule has 0 atom stereocenters. The number of aliphatic hydroxyl groups is 1. The van der Waals surface area contributed by atoms with Gasteiger partial charge in [-0.15, -0.1) is 0 Å².